The van der Waals surface area contributed by atoms with Crippen LogP contribution in [0.15, 0.2) is 24.3 Å². The van der Waals surface area contributed by atoms with Gasteiger partial charge in [-0.15, -0.1) is 0 Å². The Morgan fingerprint density at radius 2 is 2.11 bits per heavy atom. The summed E-state index contributed by atoms with van der Waals surface area (Å²) in [6.07, 6.45) is 4.54. The Morgan fingerprint density at radius 1 is 1.33 bits per heavy atom. The van der Waals surface area contributed by atoms with Gasteiger partial charge in [-0.25, -0.2) is 0 Å². The molecule has 0 bridgehead atoms. The third-order valence-corrected chi connectivity index (χ3v) is 2.13. The predicted molar refractivity (Wildman–Crippen MR) is 66.9 cm³/mol. The zero-order chi connectivity index (χ0) is 13.4. The highest BCUT2D eigenvalue weighted by molar-refractivity contribution is 5.55. The summed E-state index contributed by atoms with van der Waals surface area (Å²) in [5.41, 5.74) is 6.23. The molecule has 1 rings (SSSR count). The van der Waals surface area contributed by atoms with E-state index in [1.165, 1.54) is 6.07 Å². The van der Waals surface area contributed by atoms with Crippen LogP contribution in [0, 0.1) is 0 Å². The molecule has 5 heteroatoms. The van der Waals surface area contributed by atoms with Gasteiger partial charge in [0.1, 0.15) is 0 Å². The van der Waals surface area contributed by atoms with Gasteiger partial charge >= 0.3 is 6.61 Å². The van der Waals surface area contributed by atoms with Crippen LogP contribution in [0.25, 0.3) is 6.08 Å². The quantitative estimate of drug-likeness (QED) is 0.816. The molecule has 0 spiro atoms. The number of rotatable bonds is 7. The summed E-state index contributed by atoms with van der Waals surface area (Å²) in [4.78, 5) is 0. The Kier molecular flexibility index (Phi) is 6.14. The van der Waals surface area contributed by atoms with Gasteiger partial charge in [-0.1, -0.05) is 18.2 Å². The van der Waals surface area contributed by atoms with E-state index in [4.69, 9.17) is 10.5 Å². The molecule has 0 aromatic heterocycles. The molecule has 0 amide bonds. The second-order valence-electron chi connectivity index (χ2n) is 3.50. The van der Waals surface area contributed by atoms with Gasteiger partial charge in [0.2, 0.25) is 0 Å². The van der Waals surface area contributed by atoms with Crippen molar-refractivity contribution >= 4 is 6.08 Å². The van der Waals surface area contributed by atoms with Gasteiger partial charge in [0.05, 0.1) is 6.61 Å². The number of ether oxygens (including phenoxy) is 2. The van der Waals surface area contributed by atoms with Crippen molar-refractivity contribution in [2.75, 3.05) is 13.2 Å². The normalized spacial score (nSPS) is 11.2. The minimum Gasteiger partial charge on any atom is -0.490 e. The Hall–Kier alpha value is -1.62. The van der Waals surface area contributed by atoms with Crippen LogP contribution < -0.4 is 15.2 Å². The summed E-state index contributed by atoms with van der Waals surface area (Å²) in [5.74, 6) is 0.357. The maximum absolute atomic E-state index is 12.2. The first-order chi connectivity index (χ1) is 8.67. The Bertz CT molecular complexity index is 395. The van der Waals surface area contributed by atoms with E-state index in [1.807, 2.05) is 12.2 Å². The molecule has 0 saturated carbocycles. The number of hydrogen-bond donors (Lipinski definition) is 1. The van der Waals surface area contributed by atoms with Crippen LogP contribution in [-0.2, 0) is 0 Å². The number of alkyl halides is 2. The van der Waals surface area contributed by atoms with Crippen molar-refractivity contribution in [2.45, 2.75) is 20.0 Å². The lowest BCUT2D eigenvalue weighted by Gasteiger charge is -2.11. The molecule has 18 heavy (non-hydrogen) atoms. The van der Waals surface area contributed by atoms with E-state index in [-0.39, 0.29) is 5.75 Å². The van der Waals surface area contributed by atoms with Crippen molar-refractivity contribution < 1.29 is 18.3 Å². The Morgan fingerprint density at radius 3 is 2.72 bits per heavy atom. The average Bonchev–Trinajstić information content (AvgIpc) is 2.32. The molecule has 0 aliphatic rings. The summed E-state index contributed by atoms with van der Waals surface area (Å²) >= 11 is 0. The van der Waals surface area contributed by atoms with E-state index in [1.54, 1.807) is 19.1 Å². The Labute approximate surface area is 105 Å². The summed E-state index contributed by atoms with van der Waals surface area (Å²) < 4.78 is 34.0. The first kappa shape index (κ1) is 14.4. The number of halogens is 2. The first-order valence-corrected chi connectivity index (χ1v) is 5.75. The summed E-state index contributed by atoms with van der Waals surface area (Å²) in [6, 6.07) is 4.82. The van der Waals surface area contributed by atoms with Crippen molar-refractivity contribution in [3.05, 3.63) is 29.8 Å². The highest BCUT2D eigenvalue weighted by atomic mass is 19.3. The van der Waals surface area contributed by atoms with E-state index in [0.29, 0.717) is 18.9 Å². The standard InChI is InChI=1S/C13H17F2NO2/c1-2-17-12-9-10(5-3-4-8-16)6-7-11(12)18-13(14)15/h3,5-7,9,13H,2,4,8,16H2,1H3/b5-3+. The molecule has 0 saturated heterocycles. The van der Waals surface area contributed by atoms with E-state index in [0.717, 1.165) is 12.0 Å². The summed E-state index contributed by atoms with van der Waals surface area (Å²) in [6.45, 7) is -0.122. The molecule has 1 aromatic carbocycles. The van der Waals surface area contributed by atoms with Crippen LogP contribution in [0.4, 0.5) is 8.78 Å². The molecule has 2 N–H and O–H groups in total. The zero-order valence-corrected chi connectivity index (χ0v) is 10.2. The van der Waals surface area contributed by atoms with Crippen LogP contribution in [0.1, 0.15) is 18.9 Å². The SMILES string of the molecule is CCOc1cc(/C=C/CCN)ccc1OC(F)F. The molecule has 0 aliphatic heterocycles. The van der Waals surface area contributed by atoms with Crippen molar-refractivity contribution in [1.29, 1.82) is 0 Å². The van der Waals surface area contributed by atoms with Crippen LogP contribution in [0.3, 0.4) is 0 Å². The molecular formula is C13H17F2NO2. The summed E-state index contributed by atoms with van der Waals surface area (Å²) in [5, 5.41) is 0. The molecule has 1 aromatic rings. The fourth-order valence-electron chi connectivity index (χ4n) is 1.41. The molecule has 0 radical (unpaired) electrons. The molecule has 0 fully saturated rings. The van der Waals surface area contributed by atoms with E-state index >= 15 is 0 Å². The van der Waals surface area contributed by atoms with E-state index in [2.05, 4.69) is 4.74 Å². The highest BCUT2D eigenvalue weighted by Crippen LogP contribution is 2.30. The average molecular weight is 257 g/mol. The first-order valence-electron chi connectivity index (χ1n) is 5.75. The lowest BCUT2D eigenvalue weighted by atomic mass is 10.1. The predicted octanol–water partition coefficient (Wildman–Crippen LogP) is 3.05. The van der Waals surface area contributed by atoms with Crippen LogP contribution in [0.5, 0.6) is 11.5 Å². The van der Waals surface area contributed by atoms with E-state index in [9.17, 15) is 8.78 Å². The smallest absolute Gasteiger partial charge is 0.387 e. The van der Waals surface area contributed by atoms with Gasteiger partial charge in [-0.2, -0.15) is 8.78 Å². The second kappa shape index (κ2) is 7.66. The minimum absolute atomic E-state index is 0.0443. The molecule has 3 nitrogen and oxygen atoms in total. The fourth-order valence-corrected chi connectivity index (χ4v) is 1.41. The fraction of sp³-hybridized carbons (Fsp3) is 0.385. The van der Waals surface area contributed by atoms with Gasteiger partial charge in [-0.05, 0) is 37.6 Å². The van der Waals surface area contributed by atoms with Gasteiger partial charge in [0.15, 0.2) is 11.5 Å². The second-order valence-corrected chi connectivity index (χ2v) is 3.50. The lowest BCUT2D eigenvalue weighted by Crippen LogP contribution is -2.04. The van der Waals surface area contributed by atoms with Gasteiger partial charge in [0.25, 0.3) is 0 Å². The lowest BCUT2D eigenvalue weighted by molar-refractivity contribution is -0.0514. The molecule has 0 aliphatic carbocycles. The van der Waals surface area contributed by atoms with Crippen LogP contribution in [0.2, 0.25) is 0 Å². The molecule has 0 unspecified atom stereocenters. The molecule has 0 heterocycles. The highest BCUT2D eigenvalue weighted by Gasteiger charge is 2.10. The number of benzene rings is 1. The number of hydrogen-bond acceptors (Lipinski definition) is 3. The third-order valence-electron chi connectivity index (χ3n) is 2.13. The van der Waals surface area contributed by atoms with Crippen LogP contribution >= 0.6 is 0 Å². The zero-order valence-electron chi connectivity index (χ0n) is 10.2. The monoisotopic (exact) mass is 257 g/mol. The van der Waals surface area contributed by atoms with Gasteiger partial charge in [-0.3, -0.25) is 0 Å². The van der Waals surface area contributed by atoms with Gasteiger partial charge < -0.3 is 15.2 Å². The summed E-state index contributed by atoms with van der Waals surface area (Å²) in [7, 11) is 0. The topological polar surface area (TPSA) is 44.5 Å². The maximum Gasteiger partial charge on any atom is 0.387 e. The third kappa shape index (κ3) is 4.71. The van der Waals surface area contributed by atoms with E-state index < -0.39 is 6.61 Å². The van der Waals surface area contributed by atoms with Gasteiger partial charge in [0, 0.05) is 0 Å². The maximum atomic E-state index is 12.2. The minimum atomic E-state index is -2.86. The molecule has 0 atom stereocenters. The van der Waals surface area contributed by atoms with Crippen molar-refractivity contribution in [3.63, 3.8) is 0 Å². The Balaban J connectivity index is 2.87. The molecular weight excluding hydrogens is 240 g/mol. The van der Waals surface area contributed by atoms with Crippen LogP contribution in [-0.4, -0.2) is 19.8 Å². The van der Waals surface area contributed by atoms with Crippen molar-refractivity contribution in [3.8, 4) is 11.5 Å². The largest absolute Gasteiger partial charge is 0.490 e. The van der Waals surface area contributed by atoms with Crippen molar-refractivity contribution in [1.82, 2.24) is 0 Å². The number of nitrogens with two attached hydrogens (primary N) is 1. The van der Waals surface area contributed by atoms with Crippen molar-refractivity contribution in [2.24, 2.45) is 5.73 Å². The molecule has 100 valence electrons.